The molecule has 0 aliphatic heterocycles. The summed E-state index contributed by atoms with van der Waals surface area (Å²) in [6.45, 7) is 3.93. The van der Waals surface area contributed by atoms with Gasteiger partial charge in [-0.15, -0.1) is 22.7 Å². The lowest BCUT2D eigenvalue weighted by atomic mass is 10.2. The van der Waals surface area contributed by atoms with E-state index in [0.717, 1.165) is 26.5 Å². The van der Waals surface area contributed by atoms with Crippen molar-refractivity contribution in [1.29, 1.82) is 0 Å². The number of halogens is 1. The van der Waals surface area contributed by atoms with Gasteiger partial charge in [0, 0.05) is 26.5 Å². The van der Waals surface area contributed by atoms with Crippen molar-refractivity contribution >= 4 is 50.2 Å². The van der Waals surface area contributed by atoms with Crippen molar-refractivity contribution in [3.8, 4) is 10.4 Å². The Morgan fingerprint density at radius 1 is 1.27 bits per heavy atom. The Labute approximate surface area is 163 Å². The lowest BCUT2D eigenvalue weighted by molar-refractivity contribution is 0.793. The molecule has 2 N–H and O–H groups in total. The van der Waals surface area contributed by atoms with Gasteiger partial charge in [-0.1, -0.05) is 23.7 Å². The number of hydrogen-bond donors (Lipinski definition) is 2. The van der Waals surface area contributed by atoms with E-state index in [-0.39, 0.29) is 11.6 Å². The minimum absolute atomic E-state index is 0.106. The predicted octanol–water partition coefficient (Wildman–Crippen LogP) is 5.85. The van der Waals surface area contributed by atoms with Gasteiger partial charge in [0.15, 0.2) is 0 Å². The summed E-state index contributed by atoms with van der Waals surface area (Å²) in [6.07, 6.45) is 0. The number of thiophene rings is 2. The third-order valence-electron chi connectivity index (χ3n) is 4.21. The van der Waals surface area contributed by atoms with E-state index in [1.54, 1.807) is 11.3 Å². The molecule has 3 heterocycles. The molecule has 0 radical (unpaired) electrons. The van der Waals surface area contributed by atoms with Gasteiger partial charge in [-0.05, 0) is 43.0 Å². The maximum Gasteiger partial charge on any atom is 0.260 e. The highest BCUT2D eigenvalue weighted by molar-refractivity contribution is 7.18. The Hall–Kier alpha value is -2.15. The maximum absolute atomic E-state index is 12.7. The summed E-state index contributed by atoms with van der Waals surface area (Å²) in [4.78, 5) is 22.1. The summed E-state index contributed by atoms with van der Waals surface area (Å²) < 4.78 is 0. The second kappa shape index (κ2) is 6.87. The lowest BCUT2D eigenvalue weighted by Gasteiger charge is -2.15. The van der Waals surface area contributed by atoms with E-state index in [1.165, 1.54) is 11.3 Å². The normalized spacial score (nSPS) is 12.4. The van der Waals surface area contributed by atoms with Crippen LogP contribution in [0.4, 0.5) is 5.69 Å². The van der Waals surface area contributed by atoms with E-state index in [0.29, 0.717) is 16.2 Å². The summed E-state index contributed by atoms with van der Waals surface area (Å²) >= 11 is 9.30. The average Bonchev–Trinajstić information content (AvgIpc) is 3.27. The first-order valence-corrected chi connectivity index (χ1v) is 10.2. The Morgan fingerprint density at radius 2 is 2.12 bits per heavy atom. The lowest BCUT2D eigenvalue weighted by Crippen LogP contribution is -2.17. The molecular weight excluding hydrogens is 386 g/mol. The molecule has 0 saturated carbocycles. The molecule has 0 bridgehead atoms. The van der Waals surface area contributed by atoms with E-state index < -0.39 is 0 Å². The molecule has 1 aromatic carbocycles. The van der Waals surface area contributed by atoms with Crippen molar-refractivity contribution in [3.63, 3.8) is 0 Å². The number of aromatic nitrogens is 2. The topological polar surface area (TPSA) is 57.8 Å². The summed E-state index contributed by atoms with van der Waals surface area (Å²) in [5.74, 6) is 0.610. The quantitative estimate of drug-likeness (QED) is 0.451. The first-order valence-electron chi connectivity index (χ1n) is 8.11. The number of nitrogens with zero attached hydrogens (tertiary/aromatic N) is 1. The van der Waals surface area contributed by atoms with Gasteiger partial charge < -0.3 is 10.3 Å². The Balaban J connectivity index is 1.69. The zero-order chi connectivity index (χ0) is 18.3. The molecule has 4 aromatic rings. The summed E-state index contributed by atoms with van der Waals surface area (Å²) in [5, 5.41) is 8.72. The zero-order valence-corrected chi connectivity index (χ0v) is 16.6. The molecule has 0 amide bonds. The smallest absolute Gasteiger partial charge is 0.260 e. The van der Waals surface area contributed by atoms with Crippen LogP contribution >= 0.6 is 34.3 Å². The van der Waals surface area contributed by atoms with Crippen molar-refractivity contribution in [2.45, 2.75) is 19.9 Å². The highest BCUT2D eigenvalue weighted by Gasteiger charge is 2.16. The number of anilines is 1. The van der Waals surface area contributed by atoms with Gasteiger partial charge in [-0.25, -0.2) is 4.98 Å². The van der Waals surface area contributed by atoms with Crippen LogP contribution in [0.25, 0.3) is 20.7 Å². The average molecular weight is 402 g/mol. The molecule has 0 aliphatic rings. The van der Waals surface area contributed by atoms with Crippen LogP contribution in [0, 0.1) is 6.92 Å². The molecule has 0 fully saturated rings. The van der Waals surface area contributed by atoms with Gasteiger partial charge >= 0.3 is 0 Å². The van der Waals surface area contributed by atoms with Crippen LogP contribution in [-0.2, 0) is 0 Å². The monoisotopic (exact) mass is 401 g/mol. The minimum atomic E-state index is -0.154. The standard InChI is InChI=1S/C19H16ClN3OS2/c1-10-5-6-12(8-14(10)20)21-11(2)17-22-18(24)16-13(9-26-19(16)23-17)15-4-3-7-25-15/h3-9,11,21H,1-2H3,(H,22,23,24)/t11-/m0/s1. The van der Waals surface area contributed by atoms with Gasteiger partial charge in [0.05, 0.1) is 11.4 Å². The molecule has 4 nitrogen and oxygen atoms in total. The molecule has 0 aliphatic carbocycles. The Kier molecular flexibility index (Phi) is 4.56. The van der Waals surface area contributed by atoms with Crippen molar-refractivity contribution in [1.82, 2.24) is 9.97 Å². The van der Waals surface area contributed by atoms with Crippen molar-refractivity contribution in [2.24, 2.45) is 0 Å². The highest BCUT2D eigenvalue weighted by atomic mass is 35.5. The van der Waals surface area contributed by atoms with Crippen LogP contribution in [0.3, 0.4) is 0 Å². The first kappa shape index (κ1) is 17.3. The Bertz CT molecular complexity index is 1130. The summed E-state index contributed by atoms with van der Waals surface area (Å²) in [7, 11) is 0. The van der Waals surface area contributed by atoms with Crippen LogP contribution < -0.4 is 10.9 Å². The molecule has 4 rings (SSSR count). The third-order valence-corrected chi connectivity index (χ3v) is 6.40. The van der Waals surface area contributed by atoms with Crippen molar-refractivity contribution in [2.75, 3.05) is 5.32 Å². The molecule has 7 heteroatoms. The van der Waals surface area contributed by atoms with Crippen LogP contribution in [0.2, 0.25) is 5.02 Å². The van der Waals surface area contributed by atoms with Gasteiger partial charge in [-0.2, -0.15) is 0 Å². The second-order valence-electron chi connectivity index (χ2n) is 6.09. The number of aryl methyl sites for hydroxylation is 1. The SMILES string of the molecule is Cc1ccc(N[C@@H](C)c2nc3scc(-c4cccs4)c3c(=O)[nH]2)cc1Cl. The number of benzene rings is 1. The number of hydrogen-bond acceptors (Lipinski definition) is 5. The summed E-state index contributed by atoms with van der Waals surface area (Å²) in [5.41, 5.74) is 2.76. The van der Waals surface area contributed by atoms with E-state index in [1.807, 2.05) is 54.9 Å². The molecule has 3 aromatic heterocycles. The van der Waals surface area contributed by atoms with Crippen LogP contribution in [-0.4, -0.2) is 9.97 Å². The maximum atomic E-state index is 12.7. The van der Waals surface area contributed by atoms with E-state index in [2.05, 4.69) is 15.3 Å². The third kappa shape index (κ3) is 3.16. The number of nitrogens with one attached hydrogen (secondary N) is 2. The molecule has 0 saturated heterocycles. The predicted molar refractivity (Wildman–Crippen MR) is 112 cm³/mol. The first-order chi connectivity index (χ1) is 12.5. The fourth-order valence-electron chi connectivity index (χ4n) is 2.78. The van der Waals surface area contributed by atoms with Crippen LogP contribution in [0.1, 0.15) is 24.4 Å². The zero-order valence-electron chi connectivity index (χ0n) is 14.2. The van der Waals surface area contributed by atoms with Crippen LogP contribution in [0.15, 0.2) is 45.9 Å². The van der Waals surface area contributed by atoms with Gasteiger partial charge in [0.25, 0.3) is 5.56 Å². The second-order valence-corrected chi connectivity index (χ2v) is 8.30. The molecule has 132 valence electrons. The Morgan fingerprint density at radius 3 is 2.85 bits per heavy atom. The van der Waals surface area contributed by atoms with E-state index in [9.17, 15) is 4.79 Å². The van der Waals surface area contributed by atoms with Crippen molar-refractivity contribution in [3.05, 3.63) is 67.9 Å². The van der Waals surface area contributed by atoms with E-state index >= 15 is 0 Å². The fraction of sp³-hybridized carbons (Fsp3) is 0.158. The highest BCUT2D eigenvalue weighted by Crippen LogP contribution is 2.34. The van der Waals surface area contributed by atoms with Gasteiger partial charge in [0.2, 0.25) is 0 Å². The largest absolute Gasteiger partial charge is 0.375 e. The number of H-pyrrole nitrogens is 1. The fourth-order valence-corrected chi connectivity index (χ4v) is 4.73. The number of rotatable bonds is 4. The number of fused-ring (bicyclic) bond motifs is 1. The molecular formula is C19H16ClN3OS2. The van der Waals surface area contributed by atoms with Gasteiger partial charge in [-0.3, -0.25) is 4.79 Å². The molecule has 26 heavy (non-hydrogen) atoms. The van der Waals surface area contributed by atoms with Crippen LogP contribution in [0.5, 0.6) is 0 Å². The minimum Gasteiger partial charge on any atom is -0.375 e. The molecule has 0 unspecified atom stereocenters. The molecule has 1 atom stereocenters. The van der Waals surface area contributed by atoms with Gasteiger partial charge in [0.1, 0.15) is 10.7 Å². The summed E-state index contributed by atoms with van der Waals surface area (Å²) in [6, 6.07) is 9.66. The van der Waals surface area contributed by atoms with Crippen molar-refractivity contribution < 1.29 is 0 Å². The molecule has 0 spiro atoms. The number of aromatic amines is 1. The van der Waals surface area contributed by atoms with E-state index in [4.69, 9.17) is 11.6 Å².